The average molecular weight is 356 g/mol. The molecule has 0 radical (unpaired) electrons. The van der Waals surface area contributed by atoms with E-state index in [1.807, 2.05) is 35.6 Å². The number of carbonyl (C=O) groups excluding carboxylic acids is 1. The lowest BCUT2D eigenvalue weighted by molar-refractivity contribution is -0.682. The average Bonchev–Trinajstić information content (AvgIpc) is 2.63. The van der Waals surface area contributed by atoms with Crippen LogP contribution < -0.4 is 15.4 Å². The molecule has 0 bridgehead atoms. The Morgan fingerprint density at radius 1 is 1.08 bits per heavy atom. The molecule has 1 amide bonds. The van der Waals surface area contributed by atoms with Gasteiger partial charge in [-0.05, 0) is 30.0 Å². The minimum atomic E-state index is 0.0273. The number of amides is 1. The predicted molar refractivity (Wildman–Crippen MR) is 105 cm³/mol. The molecule has 0 aromatic heterocycles. The van der Waals surface area contributed by atoms with Crippen molar-refractivity contribution in [1.82, 2.24) is 5.32 Å². The number of rotatable bonds is 8. The van der Waals surface area contributed by atoms with Gasteiger partial charge in [-0.25, -0.2) is 0 Å². The first kappa shape index (κ1) is 20.0. The van der Waals surface area contributed by atoms with E-state index < -0.39 is 0 Å². The first-order valence-corrected chi connectivity index (χ1v) is 9.24. The van der Waals surface area contributed by atoms with Gasteiger partial charge in [0.15, 0.2) is 6.54 Å². The third-order valence-corrected chi connectivity index (χ3v) is 4.40. The molecular weight excluding hydrogens is 324 g/mol. The van der Waals surface area contributed by atoms with E-state index in [1.54, 1.807) is 0 Å². The first-order chi connectivity index (χ1) is 12.4. The highest BCUT2D eigenvalue weighted by atomic mass is 16.5. The molecule has 3 N–H and O–H groups in total. The zero-order chi connectivity index (χ0) is 19.0. The predicted octanol–water partition coefficient (Wildman–Crippen LogP) is 2.80. The van der Waals surface area contributed by atoms with E-state index in [9.17, 15) is 4.79 Å². The van der Waals surface area contributed by atoms with Crippen LogP contribution in [-0.2, 0) is 10.2 Å². The summed E-state index contributed by atoms with van der Waals surface area (Å²) in [4.78, 5) is 11.9. The molecule has 2 aromatic carbocycles. The van der Waals surface area contributed by atoms with Crippen LogP contribution in [0.15, 0.2) is 54.6 Å². The number of nitrogens with one attached hydrogen (secondary N) is 1. The summed E-state index contributed by atoms with van der Waals surface area (Å²) in [5.74, 6) is 0.857. The summed E-state index contributed by atoms with van der Waals surface area (Å²) in [7, 11) is 0. The molecule has 1 atom stereocenters. The van der Waals surface area contributed by atoms with Crippen LogP contribution in [0, 0.1) is 0 Å². The van der Waals surface area contributed by atoms with Gasteiger partial charge in [0.25, 0.3) is 5.91 Å². The van der Waals surface area contributed by atoms with Crippen molar-refractivity contribution < 1.29 is 14.8 Å². The van der Waals surface area contributed by atoms with E-state index in [0.29, 0.717) is 19.7 Å². The van der Waals surface area contributed by atoms with Gasteiger partial charge in [-0.3, -0.25) is 4.79 Å². The van der Waals surface area contributed by atoms with Crippen molar-refractivity contribution in [2.45, 2.75) is 39.2 Å². The summed E-state index contributed by atoms with van der Waals surface area (Å²) in [5.41, 5.74) is 2.64. The van der Waals surface area contributed by atoms with Crippen LogP contribution in [-0.4, -0.2) is 25.6 Å². The zero-order valence-electron chi connectivity index (χ0n) is 16.3. The quantitative estimate of drug-likeness (QED) is 0.716. The Kier molecular flexibility index (Phi) is 7.22. The molecule has 0 saturated carbocycles. The Bertz CT molecular complexity index is 676. The lowest BCUT2D eigenvalue weighted by Gasteiger charge is -2.19. The van der Waals surface area contributed by atoms with Crippen molar-refractivity contribution in [3.63, 3.8) is 0 Å². The molecule has 0 aliphatic carbocycles. The van der Waals surface area contributed by atoms with Crippen molar-refractivity contribution in [2.75, 3.05) is 19.7 Å². The molecular formula is C22H31N2O2+. The molecule has 0 aliphatic heterocycles. The van der Waals surface area contributed by atoms with E-state index in [2.05, 4.69) is 57.3 Å². The minimum absolute atomic E-state index is 0.0273. The minimum Gasteiger partial charge on any atom is -0.492 e. The normalized spacial score (nSPS) is 12.5. The van der Waals surface area contributed by atoms with Gasteiger partial charge in [0.1, 0.15) is 18.4 Å². The number of hydrogen-bond donors (Lipinski definition) is 2. The monoisotopic (exact) mass is 355 g/mol. The summed E-state index contributed by atoms with van der Waals surface area (Å²) >= 11 is 0. The van der Waals surface area contributed by atoms with E-state index in [-0.39, 0.29) is 17.4 Å². The second kappa shape index (κ2) is 9.39. The van der Waals surface area contributed by atoms with Crippen LogP contribution in [0.25, 0.3) is 0 Å². The first-order valence-electron chi connectivity index (χ1n) is 9.24. The van der Waals surface area contributed by atoms with Crippen LogP contribution in [0.5, 0.6) is 5.75 Å². The molecule has 0 saturated heterocycles. The van der Waals surface area contributed by atoms with Gasteiger partial charge in [-0.15, -0.1) is 0 Å². The number of hydrogen-bond acceptors (Lipinski definition) is 2. The number of benzene rings is 2. The molecule has 26 heavy (non-hydrogen) atoms. The van der Waals surface area contributed by atoms with Crippen LogP contribution >= 0.6 is 0 Å². The van der Waals surface area contributed by atoms with E-state index >= 15 is 0 Å². The summed E-state index contributed by atoms with van der Waals surface area (Å²) in [6.07, 6.45) is 0. The Morgan fingerprint density at radius 2 is 1.73 bits per heavy atom. The van der Waals surface area contributed by atoms with Crippen molar-refractivity contribution in [1.29, 1.82) is 0 Å². The Morgan fingerprint density at radius 3 is 2.35 bits per heavy atom. The van der Waals surface area contributed by atoms with E-state index in [4.69, 9.17) is 4.74 Å². The van der Waals surface area contributed by atoms with Crippen LogP contribution in [0.4, 0.5) is 0 Å². The summed E-state index contributed by atoms with van der Waals surface area (Å²) in [6, 6.07) is 18.6. The number of quaternary nitrogens is 1. The molecule has 0 fully saturated rings. The summed E-state index contributed by atoms with van der Waals surface area (Å²) < 4.78 is 5.69. The fourth-order valence-corrected chi connectivity index (χ4v) is 2.66. The molecule has 4 heteroatoms. The van der Waals surface area contributed by atoms with Gasteiger partial charge in [0, 0.05) is 5.56 Å². The molecule has 2 rings (SSSR count). The van der Waals surface area contributed by atoms with Gasteiger partial charge in [-0.2, -0.15) is 0 Å². The third-order valence-electron chi connectivity index (χ3n) is 4.40. The molecule has 4 nitrogen and oxygen atoms in total. The molecule has 0 spiro atoms. The zero-order valence-corrected chi connectivity index (χ0v) is 16.3. The van der Waals surface area contributed by atoms with Gasteiger partial charge < -0.3 is 15.4 Å². The van der Waals surface area contributed by atoms with Crippen LogP contribution in [0.3, 0.4) is 0 Å². The van der Waals surface area contributed by atoms with E-state index in [0.717, 1.165) is 5.75 Å². The fourth-order valence-electron chi connectivity index (χ4n) is 2.66. The fraction of sp³-hybridized carbons (Fsp3) is 0.409. The van der Waals surface area contributed by atoms with Crippen molar-refractivity contribution in [3.05, 3.63) is 65.7 Å². The highest BCUT2D eigenvalue weighted by Crippen LogP contribution is 2.24. The maximum atomic E-state index is 11.9. The molecule has 0 heterocycles. The van der Waals surface area contributed by atoms with Crippen molar-refractivity contribution in [2.24, 2.45) is 0 Å². The Hall–Kier alpha value is -2.33. The second-order valence-electron chi connectivity index (χ2n) is 7.61. The van der Waals surface area contributed by atoms with E-state index in [1.165, 1.54) is 11.1 Å². The maximum Gasteiger partial charge on any atom is 0.275 e. The molecule has 0 aliphatic rings. The maximum absolute atomic E-state index is 11.9. The standard InChI is InChI=1S/C22H30N2O2/c1-17(18-8-6-5-7-9-18)24-16-21(25)23-14-15-26-20-12-10-19(11-13-20)22(2,3)4/h5-13,17,24H,14-16H2,1-4H3,(H,23,25)/p+1/t17-/m1/s1. The van der Waals surface area contributed by atoms with Gasteiger partial charge in [0.05, 0.1) is 6.54 Å². The highest BCUT2D eigenvalue weighted by molar-refractivity contribution is 5.76. The summed E-state index contributed by atoms with van der Waals surface area (Å²) in [5, 5.41) is 4.94. The highest BCUT2D eigenvalue weighted by Gasteiger charge is 2.13. The van der Waals surface area contributed by atoms with Crippen molar-refractivity contribution >= 4 is 5.91 Å². The van der Waals surface area contributed by atoms with Gasteiger partial charge >= 0.3 is 0 Å². The second-order valence-corrected chi connectivity index (χ2v) is 7.61. The van der Waals surface area contributed by atoms with Crippen LogP contribution in [0.1, 0.15) is 44.9 Å². The van der Waals surface area contributed by atoms with Gasteiger partial charge in [0.2, 0.25) is 0 Å². The summed E-state index contributed by atoms with van der Waals surface area (Å²) in [6.45, 7) is 10.1. The van der Waals surface area contributed by atoms with Gasteiger partial charge in [-0.1, -0.05) is 63.2 Å². The lowest BCUT2D eigenvalue weighted by atomic mass is 9.87. The largest absolute Gasteiger partial charge is 0.492 e. The number of nitrogens with two attached hydrogens (primary N) is 1. The lowest BCUT2D eigenvalue weighted by Crippen LogP contribution is -2.87. The number of ether oxygens (including phenoxy) is 1. The number of carbonyl (C=O) groups is 1. The third kappa shape index (κ3) is 6.52. The van der Waals surface area contributed by atoms with Crippen molar-refractivity contribution in [3.8, 4) is 5.75 Å². The Balaban J connectivity index is 1.64. The Labute approximate surface area is 157 Å². The molecule has 0 unspecified atom stereocenters. The molecule has 2 aromatic rings. The smallest absolute Gasteiger partial charge is 0.275 e. The molecule has 140 valence electrons. The topological polar surface area (TPSA) is 54.9 Å². The van der Waals surface area contributed by atoms with Crippen LogP contribution in [0.2, 0.25) is 0 Å². The SMILES string of the molecule is C[C@@H]([NH2+]CC(=O)NCCOc1ccc(C(C)(C)C)cc1)c1ccccc1.